The minimum Gasteiger partial charge on any atom is -0.385 e. The van der Waals surface area contributed by atoms with Crippen molar-refractivity contribution in [2.45, 2.75) is 58.4 Å². The van der Waals surface area contributed by atoms with E-state index in [-0.39, 0.29) is 23.8 Å². The van der Waals surface area contributed by atoms with E-state index in [1.807, 2.05) is 0 Å². The third-order valence-corrected chi connectivity index (χ3v) is 5.18. The molecular formula is C20H34N4O4. The fourth-order valence-corrected chi connectivity index (χ4v) is 3.56. The van der Waals surface area contributed by atoms with E-state index in [0.29, 0.717) is 24.7 Å². The summed E-state index contributed by atoms with van der Waals surface area (Å²) in [4.78, 5) is 27.3. The summed E-state index contributed by atoms with van der Waals surface area (Å²) in [5, 5.41) is 9.71. The van der Waals surface area contributed by atoms with Crippen molar-refractivity contribution in [1.29, 1.82) is 0 Å². The van der Waals surface area contributed by atoms with E-state index in [1.165, 1.54) is 0 Å². The van der Waals surface area contributed by atoms with E-state index in [0.717, 1.165) is 51.6 Å². The maximum Gasteiger partial charge on any atom is 0.242 e. The monoisotopic (exact) mass is 394 g/mol. The molecule has 1 atom stereocenters. The van der Waals surface area contributed by atoms with Crippen molar-refractivity contribution < 1.29 is 18.8 Å². The Balaban J connectivity index is 1.85. The highest BCUT2D eigenvalue weighted by Crippen LogP contribution is 2.22. The van der Waals surface area contributed by atoms with Crippen LogP contribution in [0.1, 0.15) is 51.2 Å². The summed E-state index contributed by atoms with van der Waals surface area (Å²) in [5.41, 5.74) is 0. The molecule has 1 aromatic heterocycles. The highest BCUT2D eigenvalue weighted by Gasteiger charge is 2.32. The van der Waals surface area contributed by atoms with E-state index in [4.69, 9.17) is 9.26 Å². The van der Waals surface area contributed by atoms with Crippen molar-refractivity contribution in [3.63, 3.8) is 0 Å². The first kappa shape index (κ1) is 22.4. The van der Waals surface area contributed by atoms with Gasteiger partial charge in [0.05, 0.1) is 6.04 Å². The molecule has 1 fully saturated rings. The maximum atomic E-state index is 12.8. The summed E-state index contributed by atoms with van der Waals surface area (Å²) in [6, 6.07) is 1.51. The zero-order valence-electron chi connectivity index (χ0n) is 17.3. The van der Waals surface area contributed by atoms with Gasteiger partial charge in [-0.1, -0.05) is 24.9 Å². The average Bonchev–Trinajstić information content (AvgIpc) is 3.10. The van der Waals surface area contributed by atoms with Gasteiger partial charge in [0.25, 0.3) is 0 Å². The summed E-state index contributed by atoms with van der Waals surface area (Å²) in [6.07, 6.45) is 5.18. The van der Waals surface area contributed by atoms with Crippen molar-refractivity contribution in [2.24, 2.45) is 5.92 Å². The maximum absolute atomic E-state index is 12.8. The Bertz CT molecular complexity index is 611. The lowest BCUT2D eigenvalue weighted by atomic mass is 9.93. The Hall–Kier alpha value is -1.93. The molecule has 0 spiro atoms. The Morgan fingerprint density at radius 2 is 2.11 bits per heavy atom. The number of rotatable bonds is 11. The summed E-state index contributed by atoms with van der Waals surface area (Å²) in [7, 11) is 1.66. The topological polar surface area (TPSA) is 96.7 Å². The summed E-state index contributed by atoms with van der Waals surface area (Å²) in [5.74, 6) is 1.20. The number of ether oxygens (including phenoxy) is 1. The van der Waals surface area contributed by atoms with Crippen LogP contribution in [0.2, 0.25) is 0 Å². The highest BCUT2D eigenvalue weighted by atomic mass is 16.5. The standard InChI is InChI=1S/C20H34N4O4/c1-4-5-7-17(20(26)22-18-14-15(2)28-23-18)24-11-8-16(9-12-24)19(25)21-10-6-13-27-3/h14,16-17H,4-13H2,1-3H3,(H,21,25)(H,22,23,26). The van der Waals surface area contributed by atoms with Crippen LogP contribution in [-0.2, 0) is 14.3 Å². The molecule has 0 bridgehead atoms. The van der Waals surface area contributed by atoms with Crippen LogP contribution in [0.15, 0.2) is 10.6 Å². The van der Waals surface area contributed by atoms with Crippen LogP contribution >= 0.6 is 0 Å². The second-order valence-electron chi connectivity index (χ2n) is 7.42. The molecule has 1 saturated heterocycles. The van der Waals surface area contributed by atoms with Crippen molar-refractivity contribution in [2.75, 3.05) is 38.7 Å². The molecule has 1 aliphatic heterocycles. The second kappa shape index (κ2) is 11.8. The number of aryl methyl sites for hydroxylation is 1. The van der Waals surface area contributed by atoms with Gasteiger partial charge in [0.2, 0.25) is 11.8 Å². The molecule has 0 saturated carbocycles. The van der Waals surface area contributed by atoms with E-state index < -0.39 is 0 Å². The predicted molar refractivity (Wildman–Crippen MR) is 107 cm³/mol. The van der Waals surface area contributed by atoms with E-state index >= 15 is 0 Å². The number of likely N-dealkylation sites (tertiary alicyclic amines) is 1. The van der Waals surface area contributed by atoms with E-state index in [9.17, 15) is 9.59 Å². The molecule has 158 valence electrons. The second-order valence-corrected chi connectivity index (χ2v) is 7.42. The molecule has 1 aromatic rings. The van der Waals surface area contributed by atoms with Crippen LogP contribution < -0.4 is 10.6 Å². The van der Waals surface area contributed by atoms with Gasteiger partial charge < -0.3 is 19.9 Å². The predicted octanol–water partition coefficient (Wildman–Crippen LogP) is 2.35. The lowest BCUT2D eigenvalue weighted by Gasteiger charge is -2.36. The summed E-state index contributed by atoms with van der Waals surface area (Å²) < 4.78 is 10.0. The van der Waals surface area contributed by atoms with Gasteiger partial charge in [0.15, 0.2) is 5.82 Å². The smallest absolute Gasteiger partial charge is 0.242 e. The van der Waals surface area contributed by atoms with Gasteiger partial charge in [-0.15, -0.1) is 0 Å². The number of nitrogens with zero attached hydrogens (tertiary/aromatic N) is 2. The van der Waals surface area contributed by atoms with Crippen molar-refractivity contribution in [3.05, 3.63) is 11.8 Å². The van der Waals surface area contributed by atoms with Crippen LogP contribution in [0.25, 0.3) is 0 Å². The Kier molecular flexibility index (Phi) is 9.43. The molecule has 2 amide bonds. The normalized spacial score (nSPS) is 16.7. The first-order chi connectivity index (χ1) is 13.5. The molecule has 28 heavy (non-hydrogen) atoms. The molecular weight excluding hydrogens is 360 g/mol. The van der Waals surface area contributed by atoms with E-state index in [1.54, 1.807) is 20.1 Å². The number of aromatic nitrogens is 1. The third kappa shape index (κ3) is 6.91. The Morgan fingerprint density at radius 1 is 1.36 bits per heavy atom. The van der Waals surface area contributed by atoms with Crippen LogP contribution in [0.4, 0.5) is 5.82 Å². The van der Waals surface area contributed by atoms with Crippen LogP contribution in [0.3, 0.4) is 0 Å². The largest absolute Gasteiger partial charge is 0.385 e. The number of carbonyl (C=O) groups excluding carboxylic acids is 2. The quantitative estimate of drug-likeness (QED) is 0.559. The minimum absolute atomic E-state index is 0.0203. The van der Waals surface area contributed by atoms with Crippen molar-refractivity contribution >= 4 is 17.6 Å². The minimum atomic E-state index is -0.206. The SMILES string of the molecule is CCCCC(C(=O)Nc1cc(C)on1)N1CCC(C(=O)NCCCOC)CC1. The molecule has 0 aromatic carbocycles. The Labute approximate surface area is 167 Å². The molecule has 1 aliphatic rings. The molecule has 8 heteroatoms. The van der Waals surface area contributed by atoms with Gasteiger partial charge in [-0.2, -0.15) is 0 Å². The molecule has 8 nitrogen and oxygen atoms in total. The number of piperidine rings is 1. The molecule has 2 N–H and O–H groups in total. The number of methoxy groups -OCH3 is 1. The lowest BCUT2D eigenvalue weighted by Crippen LogP contribution is -2.49. The number of hydrogen-bond donors (Lipinski definition) is 2. The molecule has 0 aliphatic carbocycles. The van der Waals surface area contributed by atoms with Crippen LogP contribution in [0, 0.1) is 12.8 Å². The number of unbranched alkanes of at least 4 members (excludes halogenated alkanes) is 1. The van der Waals surface area contributed by atoms with Gasteiger partial charge in [0.1, 0.15) is 5.76 Å². The number of nitrogens with one attached hydrogen (secondary N) is 2. The van der Waals surface area contributed by atoms with Crippen LogP contribution in [0.5, 0.6) is 0 Å². The fourth-order valence-electron chi connectivity index (χ4n) is 3.56. The van der Waals surface area contributed by atoms with Gasteiger partial charge >= 0.3 is 0 Å². The summed E-state index contributed by atoms with van der Waals surface area (Å²) >= 11 is 0. The van der Waals surface area contributed by atoms with Crippen molar-refractivity contribution in [1.82, 2.24) is 15.4 Å². The first-order valence-electron chi connectivity index (χ1n) is 10.3. The lowest BCUT2D eigenvalue weighted by molar-refractivity contribution is -0.127. The zero-order valence-corrected chi connectivity index (χ0v) is 17.3. The number of anilines is 1. The molecule has 2 rings (SSSR count). The van der Waals surface area contributed by atoms with Gasteiger partial charge in [-0.25, -0.2) is 0 Å². The Morgan fingerprint density at radius 3 is 2.71 bits per heavy atom. The number of amides is 2. The summed E-state index contributed by atoms with van der Waals surface area (Å²) in [6.45, 7) is 6.70. The first-order valence-corrected chi connectivity index (χ1v) is 10.3. The molecule has 2 heterocycles. The van der Waals surface area contributed by atoms with Gasteiger partial charge in [-0.05, 0) is 45.7 Å². The molecule has 1 unspecified atom stereocenters. The zero-order chi connectivity index (χ0) is 20.4. The van der Waals surface area contributed by atoms with Gasteiger partial charge in [0, 0.05) is 32.2 Å². The van der Waals surface area contributed by atoms with Crippen LogP contribution in [-0.4, -0.2) is 61.3 Å². The van der Waals surface area contributed by atoms with E-state index in [2.05, 4.69) is 27.6 Å². The highest BCUT2D eigenvalue weighted by molar-refractivity contribution is 5.94. The average molecular weight is 395 g/mol. The van der Waals surface area contributed by atoms with Gasteiger partial charge in [-0.3, -0.25) is 14.5 Å². The molecule has 0 radical (unpaired) electrons. The third-order valence-electron chi connectivity index (χ3n) is 5.18. The number of carbonyl (C=O) groups is 2. The van der Waals surface area contributed by atoms with Crippen molar-refractivity contribution in [3.8, 4) is 0 Å². The fraction of sp³-hybridized carbons (Fsp3) is 0.750. The number of hydrogen-bond acceptors (Lipinski definition) is 6.